The molecule has 41 heavy (non-hydrogen) atoms. The number of phenolic OH excluding ortho intramolecular Hbond substituents is 1. The number of phenols is 1. The van der Waals surface area contributed by atoms with Gasteiger partial charge in [-0.25, -0.2) is 4.79 Å². The van der Waals surface area contributed by atoms with E-state index in [0.717, 1.165) is 11.1 Å². The van der Waals surface area contributed by atoms with Crippen molar-refractivity contribution in [2.24, 2.45) is 5.73 Å². The number of benzene rings is 2. The fourth-order valence-corrected chi connectivity index (χ4v) is 4.23. The number of hydrogen-bond donors (Lipinski definition) is 7. The second kappa shape index (κ2) is 16.9. The second-order valence-electron chi connectivity index (χ2n) is 9.42. The Morgan fingerprint density at radius 1 is 0.829 bits per heavy atom. The number of aromatic hydroxyl groups is 1. The number of carbonyl (C=O) groups is 5. The summed E-state index contributed by atoms with van der Waals surface area (Å²) >= 11 is 1.45. The van der Waals surface area contributed by atoms with Crippen LogP contribution >= 0.6 is 11.8 Å². The van der Waals surface area contributed by atoms with Gasteiger partial charge in [0.25, 0.3) is 0 Å². The zero-order valence-electron chi connectivity index (χ0n) is 23.0. The minimum Gasteiger partial charge on any atom is -0.508 e. The van der Waals surface area contributed by atoms with Crippen LogP contribution in [-0.2, 0) is 36.8 Å². The normalized spacial score (nSPS) is 13.6. The molecule has 2 rings (SSSR count). The Labute approximate surface area is 242 Å². The Hall–Kier alpha value is -4.10. The molecule has 0 aliphatic heterocycles. The van der Waals surface area contributed by atoms with Gasteiger partial charge >= 0.3 is 5.97 Å². The molecule has 0 aromatic heterocycles. The molecule has 0 aliphatic rings. The minimum atomic E-state index is -1.18. The van der Waals surface area contributed by atoms with Crippen molar-refractivity contribution in [2.75, 3.05) is 18.6 Å². The van der Waals surface area contributed by atoms with Crippen LogP contribution in [0.1, 0.15) is 24.5 Å². The topological polar surface area (TPSA) is 200 Å². The van der Waals surface area contributed by atoms with E-state index >= 15 is 0 Å². The first-order valence-corrected chi connectivity index (χ1v) is 14.4. The molecule has 0 bridgehead atoms. The Bertz CT molecular complexity index is 1180. The van der Waals surface area contributed by atoms with Crippen LogP contribution in [-0.4, -0.2) is 82.5 Å². The zero-order chi connectivity index (χ0) is 30.4. The van der Waals surface area contributed by atoms with Crippen LogP contribution in [0.25, 0.3) is 0 Å². The van der Waals surface area contributed by atoms with Crippen molar-refractivity contribution in [1.29, 1.82) is 0 Å². The highest BCUT2D eigenvalue weighted by atomic mass is 32.2. The average molecular weight is 588 g/mol. The third-order valence-electron chi connectivity index (χ3n) is 6.06. The van der Waals surface area contributed by atoms with Crippen molar-refractivity contribution in [3.05, 3.63) is 65.7 Å². The molecule has 4 atom stereocenters. The third kappa shape index (κ3) is 11.9. The Balaban J connectivity index is 1.93. The predicted octanol–water partition coefficient (Wildman–Crippen LogP) is -0.0671. The summed E-state index contributed by atoms with van der Waals surface area (Å²) in [5.41, 5.74) is 7.41. The first-order chi connectivity index (χ1) is 19.5. The number of thioether (sulfide) groups is 1. The van der Waals surface area contributed by atoms with E-state index in [2.05, 4.69) is 21.3 Å². The predicted molar refractivity (Wildman–Crippen MR) is 155 cm³/mol. The van der Waals surface area contributed by atoms with E-state index in [1.807, 2.05) is 6.26 Å². The molecule has 2 aromatic rings. The Morgan fingerprint density at radius 3 is 2.07 bits per heavy atom. The third-order valence-corrected chi connectivity index (χ3v) is 6.71. The Kier molecular flexibility index (Phi) is 13.6. The lowest BCUT2D eigenvalue weighted by Gasteiger charge is -2.22. The number of nitrogens with two attached hydrogens (primary N) is 1. The summed E-state index contributed by atoms with van der Waals surface area (Å²) in [5, 5.41) is 28.8. The lowest BCUT2D eigenvalue weighted by atomic mass is 10.0. The molecule has 0 saturated heterocycles. The summed E-state index contributed by atoms with van der Waals surface area (Å²) < 4.78 is 0. The van der Waals surface area contributed by atoms with Gasteiger partial charge in [0, 0.05) is 6.42 Å². The van der Waals surface area contributed by atoms with E-state index in [9.17, 15) is 34.2 Å². The molecule has 0 heterocycles. The molecule has 222 valence electrons. The van der Waals surface area contributed by atoms with Crippen molar-refractivity contribution in [3.63, 3.8) is 0 Å². The molecule has 4 amide bonds. The molecule has 0 fully saturated rings. The first kappa shape index (κ1) is 33.1. The van der Waals surface area contributed by atoms with Crippen LogP contribution in [0.3, 0.4) is 0 Å². The van der Waals surface area contributed by atoms with Gasteiger partial charge < -0.3 is 37.2 Å². The molecule has 0 unspecified atom stereocenters. The maximum Gasteiger partial charge on any atom is 0.326 e. The van der Waals surface area contributed by atoms with Crippen LogP contribution in [0.5, 0.6) is 5.75 Å². The van der Waals surface area contributed by atoms with Gasteiger partial charge in [-0.1, -0.05) is 42.5 Å². The summed E-state index contributed by atoms with van der Waals surface area (Å²) in [5.74, 6) is -3.11. The highest BCUT2D eigenvalue weighted by molar-refractivity contribution is 7.98. The smallest absolute Gasteiger partial charge is 0.326 e. The fraction of sp³-hybridized carbons (Fsp3) is 0.393. The van der Waals surface area contributed by atoms with E-state index < -0.39 is 60.3 Å². The Morgan fingerprint density at radius 2 is 1.46 bits per heavy atom. The monoisotopic (exact) mass is 587 g/mol. The summed E-state index contributed by atoms with van der Waals surface area (Å²) in [6.45, 7) is 0.955. The molecule has 0 aliphatic carbocycles. The molecular formula is C28H37N5O7S. The highest BCUT2D eigenvalue weighted by Crippen LogP contribution is 2.11. The van der Waals surface area contributed by atoms with E-state index in [0.29, 0.717) is 5.75 Å². The standard InChI is InChI=1S/C28H37N5O7S/c1-17(31-26(37)21(29)14-19-8-10-20(34)11-9-19)25(36)30-16-24(35)32-23(15-18-6-4-3-5-7-18)27(38)33-22(28(39)40)12-13-41-2/h3-11,17,21-23,34H,12-16,29H2,1-2H3,(H,30,36)(H,31,37)(H,32,35)(H,33,38)(H,39,40)/t17-,21-,22-,23-/m0/s1. The van der Waals surface area contributed by atoms with Crippen molar-refractivity contribution in [1.82, 2.24) is 21.3 Å². The van der Waals surface area contributed by atoms with E-state index in [-0.39, 0.29) is 25.0 Å². The average Bonchev–Trinajstić information content (AvgIpc) is 2.94. The maximum atomic E-state index is 13.0. The van der Waals surface area contributed by atoms with Crippen LogP contribution in [0.15, 0.2) is 54.6 Å². The fourth-order valence-electron chi connectivity index (χ4n) is 3.75. The number of rotatable bonds is 16. The van der Waals surface area contributed by atoms with Gasteiger partial charge in [-0.15, -0.1) is 0 Å². The molecule has 13 heteroatoms. The lowest BCUT2D eigenvalue weighted by molar-refractivity contribution is -0.142. The van der Waals surface area contributed by atoms with Crippen molar-refractivity contribution < 1.29 is 34.2 Å². The number of carboxylic acids is 1. The zero-order valence-corrected chi connectivity index (χ0v) is 23.8. The number of carboxylic acid groups (broad SMARTS) is 1. The van der Waals surface area contributed by atoms with Gasteiger partial charge in [-0.2, -0.15) is 11.8 Å². The van der Waals surface area contributed by atoms with Gasteiger partial charge in [0.1, 0.15) is 23.9 Å². The number of nitrogens with one attached hydrogen (secondary N) is 4. The molecule has 0 spiro atoms. The second-order valence-corrected chi connectivity index (χ2v) is 10.4. The minimum absolute atomic E-state index is 0.0868. The summed E-state index contributed by atoms with van der Waals surface area (Å²) in [4.78, 5) is 62.2. The van der Waals surface area contributed by atoms with Crippen LogP contribution in [0.4, 0.5) is 0 Å². The molecular weight excluding hydrogens is 550 g/mol. The summed E-state index contributed by atoms with van der Waals surface area (Å²) in [6.07, 6.45) is 2.33. The molecule has 2 aromatic carbocycles. The van der Waals surface area contributed by atoms with Crippen LogP contribution < -0.4 is 27.0 Å². The van der Waals surface area contributed by atoms with Crippen LogP contribution in [0.2, 0.25) is 0 Å². The number of amides is 4. The van der Waals surface area contributed by atoms with Crippen LogP contribution in [0, 0.1) is 0 Å². The number of aliphatic carboxylic acids is 1. The number of hydrogen-bond acceptors (Lipinski definition) is 8. The SMILES string of the molecule is CSCC[C@H](NC(=O)[C@H](Cc1ccccc1)NC(=O)CNC(=O)[C@H](C)NC(=O)[C@@H](N)Cc1ccc(O)cc1)C(=O)O. The first-order valence-electron chi connectivity index (χ1n) is 13.0. The van der Waals surface area contributed by atoms with Crippen molar-refractivity contribution >= 4 is 41.4 Å². The summed E-state index contributed by atoms with van der Waals surface area (Å²) in [6, 6.07) is 11.0. The maximum absolute atomic E-state index is 13.0. The lowest BCUT2D eigenvalue weighted by Crippen LogP contribution is -2.55. The van der Waals surface area contributed by atoms with Gasteiger partial charge in [0.2, 0.25) is 23.6 Å². The van der Waals surface area contributed by atoms with Gasteiger partial charge in [0.05, 0.1) is 12.6 Å². The molecule has 8 N–H and O–H groups in total. The van der Waals surface area contributed by atoms with Gasteiger partial charge in [0.15, 0.2) is 0 Å². The van der Waals surface area contributed by atoms with Gasteiger partial charge in [-0.05, 0) is 55.0 Å². The van der Waals surface area contributed by atoms with E-state index in [4.69, 9.17) is 5.73 Å². The van der Waals surface area contributed by atoms with E-state index in [1.165, 1.54) is 30.8 Å². The molecule has 0 radical (unpaired) electrons. The van der Waals surface area contributed by atoms with Crippen molar-refractivity contribution in [3.8, 4) is 5.75 Å². The quantitative estimate of drug-likeness (QED) is 0.140. The highest BCUT2D eigenvalue weighted by Gasteiger charge is 2.27. The molecule has 12 nitrogen and oxygen atoms in total. The summed E-state index contributed by atoms with van der Waals surface area (Å²) in [7, 11) is 0. The largest absolute Gasteiger partial charge is 0.508 e. The van der Waals surface area contributed by atoms with Gasteiger partial charge in [-0.3, -0.25) is 19.2 Å². The van der Waals surface area contributed by atoms with E-state index in [1.54, 1.807) is 42.5 Å². The number of carbonyl (C=O) groups excluding carboxylic acids is 4. The van der Waals surface area contributed by atoms with Crippen molar-refractivity contribution in [2.45, 2.75) is 50.4 Å². The molecule has 0 saturated carbocycles.